The van der Waals surface area contributed by atoms with Crippen LogP contribution in [-0.2, 0) is 11.2 Å². The van der Waals surface area contributed by atoms with Gasteiger partial charge < -0.3 is 14.9 Å². The van der Waals surface area contributed by atoms with E-state index >= 15 is 0 Å². The number of carbonyl (C=O) groups is 1. The van der Waals surface area contributed by atoms with Gasteiger partial charge in [-0.3, -0.25) is 9.69 Å². The van der Waals surface area contributed by atoms with Gasteiger partial charge in [0.15, 0.2) is 0 Å². The molecule has 2 aliphatic heterocycles. The fourth-order valence-corrected chi connectivity index (χ4v) is 5.68. The minimum absolute atomic E-state index is 0.181. The van der Waals surface area contributed by atoms with E-state index < -0.39 is 5.60 Å². The zero-order valence-corrected chi connectivity index (χ0v) is 19.0. The Morgan fingerprint density at radius 1 is 0.967 bits per heavy atom. The molecule has 3 fully saturated rings. The topological polar surface area (TPSA) is 47.0 Å². The largest absolute Gasteiger partial charge is 0.389 e. The van der Waals surface area contributed by atoms with Gasteiger partial charge in [-0.05, 0) is 62.6 Å². The Kier molecular flexibility index (Phi) is 6.73. The maximum atomic E-state index is 12.8. The highest BCUT2D eigenvalue weighted by Crippen LogP contribution is 2.47. The zero-order chi connectivity index (χ0) is 21.2. The summed E-state index contributed by atoms with van der Waals surface area (Å²) in [5.41, 5.74) is 0.698. The molecule has 1 N–H and O–H groups in total. The summed E-state index contributed by atoms with van der Waals surface area (Å²) in [5.74, 6) is 0.181. The molecule has 0 unspecified atom stereocenters. The summed E-state index contributed by atoms with van der Waals surface area (Å²) in [4.78, 5) is 19.6. The molecule has 1 aromatic carbocycles. The number of halogens is 1. The van der Waals surface area contributed by atoms with Crippen LogP contribution in [-0.4, -0.2) is 84.2 Å². The fourth-order valence-electron chi connectivity index (χ4n) is 5.47. The number of likely N-dealkylation sites (N-methyl/N-ethyl adjacent to an activating group) is 1. The van der Waals surface area contributed by atoms with E-state index in [-0.39, 0.29) is 5.91 Å². The smallest absolute Gasteiger partial charge is 0.227 e. The molecule has 1 aromatic rings. The third kappa shape index (κ3) is 5.18. The van der Waals surface area contributed by atoms with Crippen LogP contribution in [0.2, 0.25) is 5.02 Å². The summed E-state index contributed by atoms with van der Waals surface area (Å²) >= 11 is 6.23. The van der Waals surface area contributed by atoms with Crippen LogP contribution in [0.15, 0.2) is 24.3 Å². The number of benzene rings is 1. The molecular weight excluding hydrogens is 398 g/mol. The van der Waals surface area contributed by atoms with Gasteiger partial charge in [0.1, 0.15) is 0 Å². The molecule has 5 nitrogen and oxygen atoms in total. The van der Waals surface area contributed by atoms with Crippen molar-refractivity contribution in [2.45, 2.75) is 50.5 Å². The molecular formula is C24H36ClN3O2. The van der Waals surface area contributed by atoms with Crippen molar-refractivity contribution < 1.29 is 9.90 Å². The van der Waals surface area contributed by atoms with Crippen molar-refractivity contribution in [1.29, 1.82) is 0 Å². The van der Waals surface area contributed by atoms with Gasteiger partial charge in [0, 0.05) is 50.8 Å². The molecule has 0 atom stereocenters. The van der Waals surface area contributed by atoms with E-state index in [1.165, 1.54) is 0 Å². The Labute approximate surface area is 186 Å². The number of hydrogen-bond donors (Lipinski definition) is 1. The van der Waals surface area contributed by atoms with E-state index in [0.717, 1.165) is 89.9 Å². The number of amides is 1. The van der Waals surface area contributed by atoms with Crippen LogP contribution in [0.5, 0.6) is 0 Å². The highest BCUT2D eigenvalue weighted by atomic mass is 35.5. The predicted octanol–water partition coefficient (Wildman–Crippen LogP) is 3.04. The summed E-state index contributed by atoms with van der Waals surface area (Å²) in [7, 11) is 2.17. The lowest BCUT2D eigenvalue weighted by molar-refractivity contribution is -0.134. The van der Waals surface area contributed by atoms with E-state index in [9.17, 15) is 9.90 Å². The lowest BCUT2D eigenvalue weighted by atomic mass is 9.64. The van der Waals surface area contributed by atoms with Crippen LogP contribution in [0.3, 0.4) is 0 Å². The average molecular weight is 434 g/mol. The first-order valence-electron chi connectivity index (χ1n) is 11.5. The molecule has 1 spiro atoms. The first kappa shape index (κ1) is 22.1. The molecule has 0 aromatic heterocycles. The van der Waals surface area contributed by atoms with Gasteiger partial charge in [-0.1, -0.05) is 29.8 Å². The average Bonchev–Trinajstić information content (AvgIpc) is 2.75. The number of nitrogens with zero attached hydrogens (tertiary/aromatic N) is 3. The molecule has 2 heterocycles. The number of aliphatic hydroxyl groups is 1. The van der Waals surface area contributed by atoms with Crippen LogP contribution in [0.1, 0.15) is 44.1 Å². The predicted molar refractivity (Wildman–Crippen MR) is 121 cm³/mol. The van der Waals surface area contributed by atoms with Gasteiger partial charge in [0.05, 0.1) is 12.0 Å². The van der Waals surface area contributed by atoms with Crippen molar-refractivity contribution in [2.24, 2.45) is 5.41 Å². The highest BCUT2D eigenvalue weighted by molar-refractivity contribution is 6.31. The number of likely N-dealkylation sites (tertiary alicyclic amines) is 1. The molecule has 0 radical (unpaired) electrons. The van der Waals surface area contributed by atoms with E-state index in [2.05, 4.69) is 16.8 Å². The van der Waals surface area contributed by atoms with Gasteiger partial charge in [-0.15, -0.1) is 0 Å². The van der Waals surface area contributed by atoms with E-state index in [1.54, 1.807) is 0 Å². The van der Waals surface area contributed by atoms with Crippen molar-refractivity contribution in [2.75, 3.05) is 52.9 Å². The van der Waals surface area contributed by atoms with Crippen molar-refractivity contribution in [3.05, 3.63) is 34.9 Å². The molecule has 1 amide bonds. The molecule has 0 bridgehead atoms. The molecule has 30 heavy (non-hydrogen) atoms. The van der Waals surface area contributed by atoms with Crippen LogP contribution in [0.25, 0.3) is 0 Å². The third-order valence-electron chi connectivity index (χ3n) is 7.83. The summed E-state index contributed by atoms with van der Waals surface area (Å²) < 4.78 is 0. The summed E-state index contributed by atoms with van der Waals surface area (Å²) in [6.07, 6.45) is 6.47. The fraction of sp³-hybridized carbons (Fsp3) is 0.708. The Morgan fingerprint density at radius 3 is 2.23 bits per heavy atom. The normalized spacial score (nSPS) is 24.8. The van der Waals surface area contributed by atoms with Crippen molar-refractivity contribution >= 4 is 17.5 Å². The standard InChI is InChI=1S/C24H36ClN3O2/c1-26-14-16-27(17-15-26)19-24(30)8-6-23(7-9-24)10-12-28(13-11-23)22(29)18-20-4-2-3-5-21(20)25/h2-5,30H,6-19H2,1H3. The SMILES string of the molecule is CN1CCN(CC2(O)CCC3(CCN(C(=O)Cc4ccccc4Cl)CC3)CC2)CC1. The number of carbonyl (C=O) groups excluding carboxylic acids is 1. The second kappa shape index (κ2) is 9.15. The van der Waals surface area contributed by atoms with Gasteiger partial charge >= 0.3 is 0 Å². The number of hydrogen-bond acceptors (Lipinski definition) is 4. The number of β-amino-alcohol motifs (C(OH)–C–C–N with tert-alkyl or cyclic N) is 1. The Bertz CT molecular complexity index is 730. The molecule has 2 saturated heterocycles. The van der Waals surface area contributed by atoms with Crippen molar-refractivity contribution in [1.82, 2.24) is 14.7 Å². The lowest BCUT2D eigenvalue weighted by Gasteiger charge is -2.49. The molecule has 166 valence electrons. The number of piperidine rings is 1. The first-order valence-corrected chi connectivity index (χ1v) is 11.9. The highest BCUT2D eigenvalue weighted by Gasteiger charge is 2.44. The lowest BCUT2D eigenvalue weighted by Crippen LogP contribution is -2.54. The maximum absolute atomic E-state index is 12.8. The Morgan fingerprint density at radius 2 is 1.60 bits per heavy atom. The molecule has 1 saturated carbocycles. The van der Waals surface area contributed by atoms with Crippen LogP contribution in [0, 0.1) is 5.41 Å². The van der Waals surface area contributed by atoms with Gasteiger partial charge in [0.2, 0.25) is 5.91 Å². The second-order valence-corrected chi connectivity index (χ2v) is 10.4. The summed E-state index contributed by atoms with van der Waals surface area (Å²) in [5, 5.41) is 11.9. The third-order valence-corrected chi connectivity index (χ3v) is 8.20. The van der Waals surface area contributed by atoms with E-state index in [1.807, 2.05) is 29.2 Å². The number of piperazine rings is 1. The van der Waals surface area contributed by atoms with E-state index in [0.29, 0.717) is 16.9 Å². The minimum atomic E-state index is -0.530. The van der Waals surface area contributed by atoms with Crippen LogP contribution in [0.4, 0.5) is 0 Å². The molecule has 6 heteroatoms. The van der Waals surface area contributed by atoms with Gasteiger partial charge in [0.25, 0.3) is 0 Å². The summed E-state index contributed by atoms with van der Waals surface area (Å²) in [6, 6.07) is 7.62. The minimum Gasteiger partial charge on any atom is -0.389 e. The monoisotopic (exact) mass is 433 g/mol. The molecule has 3 aliphatic rings. The molecule has 4 rings (SSSR count). The van der Waals surface area contributed by atoms with Crippen LogP contribution < -0.4 is 0 Å². The second-order valence-electron chi connectivity index (χ2n) is 9.95. The first-order chi connectivity index (χ1) is 14.4. The van der Waals surface area contributed by atoms with Crippen LogP contribution >= 0.6 is 11.6 Å². The van der Waals surface area contributed by atoms with Crippen molar-refractivity contribution in [3.8, 4) is 0 Å². The number of rotatable bonds is 4. The quantitative estimate of drug-likeness (QED) is 0.792. The maximum Gasteiger partial charge on any atom is 0.227 e. The Hall–Kier alpha value is -1.14. The van der Waals surface area contributed by atoms with Gasteiger partial charge in [-0.25, -0.2) is 0 Å². The van der Waals surface area contributed by atoms with Gasteiger partial charge in [-0.2, -0.15) is 0 Å². The van der Waals surface area contributed by atoms with E-state index in [4.69, 9.17) is 11.6 Å². The Balaban J connectivity index is 1.25. The van der Waals surface area contributed by atoms with Crippen molar-refractivity contribution in [3.63, 3.8) is 0 Å². The summed E-state index contributed by atoms with van der Waals surface area (Å²) in [6.45, 7) is 6.80. The molecule has 1 aliphatic carbocycles. The zero-order valence-electron chi connectivity index (χ0n) is 18.3.